The van der Waals surface area contributed by atoms with Gasteiger partial charge >= 0.3 is 0 Å². The molecule has 4 aromatic carbocycles. The summed E-state index contributed by atoms with van der Waals surface area (Å²) in [6.07, 6.45) is 0. The summed E-state index contributed by atoms with van der Waals surface area (Å²) in [5.74, 6) is 0. The quantitative estimate of drug-likeness (QED) is 0.133. The fraction of sp³-hybridized carbons (Fsp3) is 0. The first-order valence-corrected chi connectivity index (χ1v) is 7.87. The molecule has 0 radical (unpaired) electrons. The summed E-state index contributed by atoms with van der Waals surface area (Å²) in [6, 6.07) is 6.75. The van der Waals surface area contributed by atoms with Gasteiger partial charge in [0.25, 0.3) is 0 Å². The first-order chi connectivity index (χ1) is 12.2. The molecule has 4 rings (SSSR count). The number of hydrogen-bond acceptors (Lipinski definition) is 8. The maximum Gasteiger partial charge on any atom is 0.0555 e. The molecule has 0 atom stereocenters. The van der Waals surface area contributed by atoms with Gasteiger partial charge in [0.1, 0.15) is 0 Å². The van der Waals surface area contributed by atoms with Crippen LogP contribution in [-0.2, 0) is 0 Å². The Labute approximate surface area is 148 Å². The highest BCUT2D eigenvalue weighted by Gasteiger charge is 2.20. The molecule has 8 nitrogen and oxygen atoms in total. The van der Waals surface area contributed by atoms with Crippen molar-refractivity contribution in [3.8, 4) is 0 Å². The van der Waals surface area contributed by atoms with Crippen LogP contribution in [-0.4, -0.2) is 0 Å². The molecule has 0 heterocycles. The lowest BCUT2D eigenvalue weighted by atomic mass is 9.92. The van der Waals surface area contributed by atoms with Gasteiger partial charge < -0.3 is 45.9 Å². The molecule has 0 saturated heterocycles. The fourth-order valence-corrected chi connectivity index (χ4v) is 3.53. The van der Waals surface area contributed by atoms with Crippen molar-refractivity contribution in [3.63, 3.8) is 0 Å². The van der Waals surface area contributed by atoms with Crippen molar-refractivity contribution in [1.82, 2.24) is 0 Å². The van der Waals surface area contributed by atoms with Crippen LogP contribution in [0, 0.1) is 0 Å². The van der Waals surface area contributed by atoms with E-state index >= 15 is 0 Å². The van der Waals surface area contributed by atoms with E-state index < -0.39 is 0 Å². The van der Waals surface area contributed by atoms with Gasteiger partial charge in [-0.25, -0.2) is 0 Å². The van der Waals surface area contributed by atoms with Gasteiger partial charge in [0.15, 0.2) is 0 Å². The van der Waals surface area contributed by atoms with Gasteiger partial charge in [-0.1, -0.05) is 0 Å². The summed E-state index contributed by atoms with van der Waals surface area (Å²) in [6.45, 7) is 0. The Balaban J connectivity index is 2.37. The van der Waals surface area contributed by atoms with Crippen molar-refractivity contribution in [3.05, 3.63) is 24.3 Å². The molecule has 0 fully saturated rings. The Kier molecular flexibility index (Phi) is 2.87. The van der Waals surface area contributed by atoms with Crippen LogP contribution in [0.3, 0.4) is 0 Å². The van der Waals surface area contributed by atoms with E-state index in [1.54, 1.807) is 24.3 Å². The number of benzene rings is 4. The van der Waals surface area contributed by atoms with Gasteiger partial charge in [0, 0.05) is 55.1 Å². The molecule has 132 valence electrons. The number of nitrogens with two attached hydrogens (primary N) is 8. The van der Waals surface area contributed by atoms with Crippen molar-refractivity contribution < 1.29 is 0 Å². The average Bonchev–Trinajstić information content (AvgIpc) is 2.59. The molecule has 0 spiro atoms. The molecule has 0 unspecified atom stereocenters. The van der Waals surface area contributed by atoms with Crippen molar-refractivity contribution in [1.29, 1.82) is 0 Å². The van der Waals surface area contributed by atoms with Crippen molar-refractivity contribution >= 4 is 77.8 Å². The van der Waals surface area contributed by atoms with Crippen LogP contribution in [0.4, 0.5) is 45.5 Å². The second-order valence-electron chi connectivity index (χ2n) is 6.46. The van der Waals surface area contributed by atoms with E-state index in [2.05, 4.69) is 0 Å². The van der Waals surface area contributed by atoms with Crippen LogP contribution in [0.2, 0.25) is 0 Å². The molecule has 0 aliphatic carbocycles. The zero-order chi connectivity index (χ0) is 18.9. The highest BCUT2D eigenvalue weighted by Crippen LogP contribution is 2.48. The van der Waals surface area contributed by atoms with Gasteiger partial charge in [-0.3, -0.25) is 0 Å². The van der Waals surface area contributed by atoms with Gasteiger partial charge in [0.2, 0.25) is 0 Å². The number of hydrogen-bond donors (Lipinski definition) is 8. The van der Waals surface area contributed by atoms with Gasteiger partial charge in [-0.05, 0) is 24.3 Å². The lowest BCUT2D eigenvalue weighted by Crippen LogP contribution is -2.05. The summed E-state index contributed by atoms with van der Waals surface area (Å²) < 4.78 is 0. The Morgan fingerprint density at radius 2 is 0.538 bits per heavy atom. The van der Waals surface area contributed by atoms with E-state index in [0.717, 1.165) is 0 Å². The lowest BCUT2D eigenvalue weighted by molar-refractivity contribution is 1.69. The molecule has 0 saturated carbocycles. The molecule has 8 heteroatoms. The normalized spacial score (nSPS) is 11.5. The van der Waals surface area contributed by atoms with Crippen LogP contribution in [0.15, 0.2) is 24.3 Å². The number of nitrogen functional groups attached to an aromatic ring is 8. The maximum atomic E-state index is 6.43. The van der Waals surface area contributed by atoms with Crippen LogP contribution < -0.4 is 45.9 Å². The van der Waals surface area contributed by atoms with Crippen LogP contribution in [0.1, 0.15) is 0 Å². The monoisotopic (exact) mass is 348 g/mol. The summed E-state index contributed by atoms with van der Waals surface area (Å²) in [7, 11) is 0. The molecule has 16 N–H and O–H groups in total. The van der Waals surface area contributed by atoms with Crippen molar-refractivity contribution in [2.45, 2.75) is 0 Å². The minimum Gasteiger partial charge on any atom is -0.398 e. The Hall–Kier alpha value is -3.94. The van der Waals surface area contributed by atoms with E-state index in [4.69, 9.17) is 45.9 Å². The highest BCUT2D eigenvalue weighted by atomic mass is 14.7. The van der Waals surface area contributed by atoms with E-state index in [1.807, 2.05) is 0 Å². The SMILES string of the molecule is Nc1cc2c(N)c3c(N)c4cc(N)c(N)cc4c(N)c3c(N)c2cc1N. The minimum atomic E-state index is 0.410. The molecule has 0 aliphatic heterocycles. The zero-order valence-corrected chi connectivity index (χ0v) is 13.9. The first-order valence-electron chi connectivity index (χ1n) is 7.87. The molecule has 4 aromatic rings. The first kappa shape index (κ1) is 15.6. The predicted octanol–water partition coefficient (Wildman–Crippen LogP) is 1.80. The van der Waals surface area contributed by atoms with E-state index in [1.165, 1.54) is 0 Å². The van der Waals surface area contributed by atoms with E-state index in [9.17, 15) is 0 Å². The topological polar surface area (TPSA) is 208 Å². The molecule has 0 amide bonds. The van der Waals surface area contributed by atoms with Gasteiger partial charge in [-0.15, -0.1) is 0 Å². The smallest absolute Gasteiger partial charge is 0.0555 e. The Morgan fingerprint density at radius 3 is 0.731 bits per heavy atom. The molecular weight excluding hydrogens is 328 g/mol. The Morgan fingerprint density at radius 1 is 0.346 bits per heavy atom. The molecule has 0 aliphatic rings. The lowest BCUT2D eigenvalue weighted by Gasteiger charge is -2.19. The summed E-state index contributed by atoms with van der Waals surface area (Å²) in [5, 5.41) is 3.78. The van der Waals surface area contributed by atoms with Gasteiger partial charge in [-0.2, -0.15) is 0 Å². The summed E-state index contributed by atoms with van der Waals surface area (Å²) in [5.41, 5.74) is 52.8. The average molecular weight is 348 g/mol. The van der Waals surface area contributed by atoms with Crippen LogP contribution in [0.25, 0.3) is 32.3 Å². The van der Waals surface area contributed by atoms with E-state index in [-0.39, 0.29) is 0 Å². The summed E-state index contributed by atoms with van der Waals surface area (Å²) >= 11 is 0. The van der Waals surface area contributed by atoms with Crippen LogP contribution in [0.5, 0.6) is 0 Å². The number of fused-ring (bicyclic) bond motifs is 3. The standard InChI is InChI=1S/C18H20N8/c19-9-1-5-6(2-10(9)20)16(24)14-13(15(5)23)17(25)7-3-11(21)12(22)4-8(7)18(14)26/h1-4H,19-26H2. The summed E-state index contributed by atoms with van der Waals surface area (Å²) in [4.78, 5) is 0. The number of anilines is 8. The van der Waals surface area contributed by atoms with Crippen LogP contribution >= 0.6 is 0 Å². The second-order valence-corrected chi connectivity index (χ2v) is 6.46. The molecule has 0 bridgehead atoms. The highest BCUT2D eigenvalue weighted by molar-refractivity contribution is 6.31. The maximum absolute atomic E-state index is 6.43. The second kappa shape index (κ2) is 4.79. The van der Waals surface area contributed by atoms with Gasteiger partial charge in [0.05, 0.1) is 22.7 Å². The zero-order valence-electron chi connectivity index (χ0n) is 13.9. The third-order valence-electron chi connectivity index (χ3n) is 4.93. The Bertz CT molecular complexity index is 1070. The van der Waals surface area contributed by atoms with Crippen molar-refractivity contribution in [2.24, 2.45) is 0 Å². The molecular formula is C18H20N8. The predicted molar refractivity (Wildman–Crippen MR) is 114 cm³/mol. The molecule has 26 heavy (non-hydrogen) atoms. The number of rotatable bonds is 0. The molecule has 0 aromatic heterocycles. The third-order valence-corrected chi connectivity index (χ3v) is 4.93. The fourth-order valence-electron chi connectivity index (χ4n) is 3.53. The third kappa shape index (κ3) is 1.78. The largest absolute Gasteiger partial charge is 0.398 e. The van der Waals surface area contributed by atoms with E-state index in [0.29, 0.717) is 77.8 Å². The van der Waals surface area contributed by atoms with Crippen molar-refractivity contribution in [2.75, 3.05) is 45.9 Å². The minimum absolute atomic E-state index is 0.410.